The zero-order chi connectivity index (χ0) is 14.4. The van der Waals surface area contributed by atoms with E-state index in [0.29, 0.717) is 0 Å². The first-order valence-corrected chi connectivity index (χ1v) is 7.74. The van der Waals surface area contributed by atoms with Crippen molar-refractivity contribution in [2.45, 2.75) is 32.6 Å². The minimum atomic E-state index is 0.730. The van der Waals surface area contributed by atoms with Crippen molar-refractivity contribution in [2.24, 2.45) is 0 Å². The van der Waals surface area contributed by atoms with Gasteiger partial charge in [0.1, 0.15) is 5.15 Å². The van der Waals surface area contributed by atoms with Crippen LogP contribution >= 0.6 is 11.6 Å². The molecule has 0 unspecified atom stereocenters. The average Bonchev–Trinajstić information content (AvgIpc) is 2.92. The Kier molecular flexibility index (Phi) is 2.96. The van der Waals surface area contributed by atoms with Crippen LogP contribution in [0.1, 0.15) is 29.7 Å². The van der Waals surface area contributed by atoms with E-state index in [0.717, 1.165) is 40.6 Å². The summed E-state index contributed by atoms with van der Waals surface area (Å²) < 4.78 is 1.78. The predicted octanol–water partition coefficient (Wildman–Crippen LogP) is 4.24. The highest BCUT2D eigenvalue weighted by Gasteiger charge is 2.18. The van der Waals surface area contributed by atoms with Gasteiger partial charge in [0.2, 0.25) is 0 Å². The molecule has 0 fully saturated rings. The van der Waals surface area contributed by atoms with E-state index in [1.54, 1.807) is 4.52 Å². The molecule has 1 aromatic carbocycles. The summed E-state index contributed by atoms with van der Waals surface area (Å²) in [5, 5.41) is 5.37. The molecule has 3 aromatic rings. The maximum Gasteiger partial charge on any atom is 0.157 e. The van der Waals surface area contributed by atoms with Crippen molar-refractivity contribution in [3.05, 3.63) is 52.3 Å². The molecule has 4 rings (SSSR count). The summed E-state index contributed by atoms with van der Waals surface area (Å²) in [6.07, 6.45) is 4.42. The standard InChI is InChI=1S/C17H16ClN3/c1-11-6-8-12(9-7-11)15-10-16-19-14-5-3-2-4-13(14)17(18)21(16)20-15/h6-10H,2-5H2,1H3. The number of rotatable bonds is 1. The van der Waals surface area contributed by atoms with Crippen LogP contribution in [0.4, 0.5) is 0 Å². The van der Waals surface area contributed by atoms with Crippen molar-refractivity contribution in [2.75, 3.05) is 0 Å². The third-order valence-electron chi connectivity index (χ3n) is 4.16. The van der Waals surface area contributed by atoms with Gasteiger partial charge in [-0.3, -0.25) is 0 Å². The van der Waals surface area contributed by atoms with Crippen molar-refractivity contribution in [3.63, 3.8) is 0 Å². The third kappa shape index (κ3) is 2.12. The van der Waals surface area contributed by atoms with Gasteiger partial charge in [0.25, 0.3) is 0 Å². The highest BCUT2D eigenvalue weighted by molar-refractivity contribution is 6.30. The van der Waals surface area contributed by atoms with Crippen molar-refractivity contribution < 1.29 is 0 Å². The highest BCUT2D eigenvalue weighted by atomic mass is 35.5. The van der Waals surface area contributed by atoms with Gasteiger partial charge in [0, 0.05) is 22.9 Å². The van der Waals surface area contributed by atoms with Crippen LogP contribution in [0.25, 0.3) is 16.9 Å². The van der Waals surface area contributed by atoms with Gasteiger partial charge in [-0.15, -0.1) is 0 Å². The molecule has 0 radical (unpaired) electrons. The van der Waals surface area contributed by atoms with Crippen molar-refractivity contribution in [1.29, 1.82) is 0 Å². The smallest absolute Gasteiger partial charge is 0.157 e. The van der Waals surface area contributed by atoms with Crippen LogP contribution < -0.4 is 0 Å². The third-order valence-corrected chi connectivity index (χ3v) is 4.55. The number of aromatic nitrogens is 3. The Bertz CT molecular complexity index is 818. The Morgan fingerprint density at radius 2 is 1.86 bits per heavy atom. The molecular weight excluding hydrogens is 282 g/mol. The highest BCUT2D eigenvalue weighted by Crippen LogP contribution is 2.29. The van der Waals surface area contributed by atoms with Crippen LogP contribution in [0.5, 0.6) is 0 Å². The van der Waals surface area contributed by atoms with Crippen LogP contribution in [0.2, 0.25) is 5.15 Å². The Balaban J connectivity index is 1.90. The summed E-state index contributed by atoms with van der Waals surface area (Å²) in [6, 6.07) is 10.4. The van der Waals surface area contributed by atoms with Crippen LogP contribution in [-0.2, 0) is 12.8 Å². The van der Waals surface area contributed by atoms with Crippen LogP contribution in [-0.4, -0.2) is 14.6 Å². The second-order valence-corrected chi connectivity index (χ2v) is 6.06. The molecule has 106 valence electrons. The normalized spacial score (nSPS) is 14.4. The van der Waals surface area contributed by atoms with E-state index in [1.165, 1.54) is 24.0 Å². The Morgan fingerprint density at radius 1 is 1.10 bits per heavy atom. The lowest BCUT2D eigenvalue weighted by Crippen LogP contribution is -2.09. The topological polar surface area (TPSA) is 30.2 Å². The molecule has 0 spiro atoms. The molecule has 0 atom stereocenters. The Labute approximate surface area is 128 Å². The van der Waals surface area contributed by atoms with E-state index in [2.05, 4.69) is 36.3 Å². The minimum absolute atomic E-state index is 0.730. The molecule has 0 saturated heterocycles. The number of hydrogen-bond donors (Lipinski definition) is 0. The van der Waals surface area contributed by atoms with E-state index in [4.69, 9.17) is 16.6 Å². The van der Waals surface area contributed by atoms with E-state index < -0.39 is 0 Å². The van der Waals surface area contributed by atoms with Gasteiger partial charge in [-0.05, 0) is 32.6 Å². The summed E-state index contributed by atoms with van der Waals surface area (Å²) >= 11 is 6.55. The van der Waals surface area contributed by atoms with E-state index >= 15 is 0 Å². The molecule has 0 saturated carbocycles. The second-order valence-electron chi connectivity index (χ2n) is 5.70. The first-order chi connectivity index (χ1) is 10.2. The predicted molar refractivity (Wildman–Crippen MR) is 84.8 cm³/mol. The molecule has 21 heavy (non-hydrogen) atoms. The van der Waals surface area contributed by atoms with E-state index in [1.807, 2.05) is 6.07 Å². The van der Waals surface area contributed by atoms with Crippen LogP contribution in [0.3, 0.4) is 0 Å². The maximum atomic E-state index is 6.55. The number of aryl methyl sites for hydroxylation is 2. The van der Waals surface area contributed by atoms with Crippen molar-refractivity contribution in [1.82, 2.24) is 14.6 Å². The van der Waals surface area contributed by atoms with E-state index in [9.17, 15) is 0 Å². The average molecular weight is 298 g/mol. The molecule has 0 bridgehead atoms. The number of fused-ring (bicyclic) bond motifs is 2. The van der Waals surface area contributed by atoms with Gasteiger partial charge < -0.3 is 0 Å². The summed E-state index contributed by atoms with van der Waals surface area (Å²) in [4.78, 5) is 4.76. The Morgan fingerprint density at radius 3 is 2.67 bits per heavy atom. The first-order valence-electron chi connectivity index (χ1n) is 7.36. The van der Waals surface area contributed by atoms with Gasteiger partial charge in [-0.2, -0.15) is 5.10 Å². The number of nitrogens with zero attached hydrogens (tertiary/aromatic N) is 3. The molecule has 0 aliphatic heterocycles. The molecule has 0 N–H and O–H groups in total. The van der Waals surface area contributed by atoms with Crippen molar-refractivity contribution >= 4 is 17.2 Å². The molecule has 2 aromatic heterocycles. The lowest BCUT2D eigenvalue weighted by molar-refractivity contribution is 0.660. The fourth-order valence-corrected chi connectivity index (χ4v) is 3.29. The zero-order valence-electron chi connectivity index (χ0n) is 11.9. The number of benzene rings is 1. The van der Waals surface area contributed by atoms with E-state index in [-0.39, 0.29) is 0 Å². The minimum Gasteiger partial charge on any atom is -0.233 e. The summed E-state index contributed by atoms with van der Waals surface area (Å²) in [5.41, 5.74) is 6.43. The van der Waals surface area contributed by atoms with Gasteiger partial charge >= 0.3 is 0 Å². The zero-order valence-corrected chi connectivity index (χ0v) is 12.7. The summed E-state index contributed by atoms with van der Waals surface area (Å²) in [7, 11) is 0. The molecule has 1 aliphatic carbocycles. The molecule has 2 heterocycles. The first kappa shape index (κ1) is 12.8. The largest absolute Gasteiger partial charge is 0.233 e. The monoisotopic (exact) mass is 297 g/mol. The number of halogens is 1. The quantitative estimate of drug-likeness (QED) is 0.629. The molecule has 1 aliphatic rings. The van der Waals surface area contributed by atoms with Crippen LogP contribution in [0.15, 0.2) is 30.3 Å². The lowest BCUT2D eigenvalue weighted by atomic mass is 9.97. The van der Waals surface area contributed by atoms with Gasteiger partial charge in [-0.1, -0.05) is 41.4 Å². The van der Waals surface area contributed by atoms with Gasteiger partial charge in [0.15, 0.2) is 5.65 Å². The Hall–Kier alpha value is -1.87. The SMILES string of the molecule is Cc1ccc(-c2cc3nc4c(c(Cl)n3n2)CCCC4)cc1. The summed E-state index contributed by atoms with van der Waals surface area (Å²) in [5.74, 6) is 0. The number of hydrogen-bond acceptors (Lipinski definition) is 2. The maximum absolute atomic E-state index is 6.55. The van der Waals surface area contributed by atoms with Gasteiger partial charge in [-0.25, -0.2) is 9.50 Å². The molecule has 4 heteroatoms. The fourth-order valence-electron chi connectivity index (χ4n) is 2.96. The second kappa shape index (κ2) is 4.85. The van der Waals surface area contributed by atoms with Crippen molar-refractivity contribution in [3.8, 4) is 11.3 Å². The molecule has 0 amide bonds. The van der Waals surface area contributed by atoms with Gasteiger partial charge in [0.05, 0.1) is 5.69 Å². The lowest BCUT2D eigenvalue weighted by Gasteiger charge is -2.16. The summed E-state index contributed by atoms with van der Waals surface area (Å²) in [6.45, 7) is 2.08. The molecule has 3 nitrogen and oxygen atoms in total. The van der Waals surface area contributed by atoms with Crippen LogP contribution in [0, 0.1) is 6.92 Å². The fraction of sp³-hybridized carbons (Fsp3) is 0.294. The molecular formula is C17H16ClN3.